The Morgan fingerprint density at radius 3 is 2.24 bits per heavy atom. The van der Waals surface area contributed by atoms with E-state index in [0.29, 0.717) is 48.5 Å². The van der Waals surface area contributed by atoms with E-state index in [9.17, 15) is 19.5 Å². The van der Waals surface area contributed by atoms with Crippen LogP contribution in [0, 0.1) is 12.8 Å². The minimum absolute atomic E-state index is 0.0489. The number of methoxy groups -OCH3 is 1. The van der Waals surface area contributed by atoms with E-state index in [1.54, 1.807) is 7.11 Å². The maximum Gasteiger partial charge on any atom is 0.342 e. The fourth-order valence-electron chi connectivity index (χ4n) is 5.38. The highest BCUT2D eigenvalue weighted by molar-refractivity contribution is 5.98. The molecule has 42 heavy (non-hydrogen) atoms. The Labute approximate surface area is 252 Å². The number of rotatable bonds is 19. The molecule has 8 heteroatoms. The number of carbonyl (C=O) groups excluding carboxylic acids is 3. The van der Waals surface area contributed by atoms with Crippen molar-refractivity contribution >= 4 is 17.9 Å². The summed E-state index contributed by atoms with van der Waals surface area (Å²) >= 11 is 0. The van der Waals surface area contributed by atoms with Crippen LogP contribution in [0.4, 0.5) is 0 Å². The first-order valence-electron chi connectivity index (χ1n) is 15.6. The molecular formula is C34H52O8. The lowest BCUT2D eigenvalue weighted by molar-refractivity contribution is -0.149. The first-order chi connectivity index (χ1) is 19.9. The van der Waals surface area contributed by atoms with Gasteiger partial charge in [-0.25, -0.2) is 4.79 Å². The summed E-state index contributed by atoms with van der Waals surface area (Å²) in [5.74, 6) is -0.00876. The van der Waals surface area contributed by atoms with Crippen LogP contribution in [0.1, 0.15) is 132 Å². The summed E-state index contributed by atoms with van der Waals surface area (Å²) < 4.78 is 21.5. The van der Waals surface area contributed by atoms with Gasteiger partial charge in [-0.2, -0.15) is 0 Å². The van der Waals surface area contributed by atoms with E-state index >= 15 is 0 Å². The molecule has 0 aromatic heterocycles. The van der Waals surface area contributed by atoms with Crippen molar-refractivity contribution in [1.29, 1.82) is 0 Å². The number of hydrogen-bond donors (Lipinski definition) is 1. The molecule has 2 unspecified atom stereocenters. The van der Waals surface area contributed by atoms with Crippen LogP contribution in [0.25, 0.3) is 0 Å². The molecule has 0 bridgehead atoms. The fraction of sp³-hybridized carbons (Fsp3) is 0.676. The Hall–Kier alpha value is -3.03. The Morgan fingerprint density at radius 1 is 0.952 bits per heavy atom. The number of carbonyl (C=O) groups is 3. The zero-order chi connectivity index (χ0) is 31.2. The number of allylic oxidation sites excluding steroid dienone is 2. The van der Waals surface area contributed by atoms with Gasteiger partial charge < -0.3 is 24.1 Å². The zero-order valence-electron chi connectivity index (χ0n) is 26.8. The van der Waals surface area contributed by atoms with Crippen molar-refractivity contribution in [2.24, 2.45) is 5.92 Å². The predicted octanol–water partition coefficient (Wildman–Crippen LogP) is 7.68. The summed E-state index contributed by atoms with van der Waals surface area (Å²) in [6, 6.07) is 0. The monoisotopic (exact) mass is 588 g/mol. The molecule has 1 heterocycles. The lowest BCUT2D eigenvalue weighted by Gasteiger charge is -2.16. The second-order valence-corrected chi connectivity index (χ2v) is 12.0. The van der Waals surface area contributed by atoms with Crippen molar-refractivity contribution in [1.82, 2.24) is 0 Å². The highest BCUT2D eigenvalue weighted by Gasteiger charge is 2.31. The van der Waals surface area contributed by atoms with Crippen molar-refractivity contribution in [3.63, 3.8) is 0 Å². The van der Waals surface area contributed by atoms with Crippen molar-refractivity contribution in [2.75, 3.05) is 7.11 Å². The normalized spacial score (nSPS) is 14.4. The van der Waals surface area contributed by atoms with Crippen molar-refractivity contribution < 1.29 is 38.4 Å². The third kappa shape index (κ3) is 11.3. The summed E-state index contributed by atoms with van der Waals surface area (Å²) in [6.07, 6.45) is 12.2. The second kappa shape index (κ2) is 17.8. The van der Waals surface area contributed by atoms with Gasteiger partial charge in [-0.3, -0.25) is 9.59 Å². The summed E-state index contributed by atoms with van der Waals surface area (Å²) in [7, 11) is 1.54. The molecule has 2 rings (SSSR count). The number of esters is 3. The maximum atomic E-state index is 12.4. The average Bonchev–Trinajstić information content (AvgIpc) is 3.31. The number of phenolic OH excluding ortho intramolecular Hbond substituents is 1. The summed E-state index contributed by atoms with van der Waals surface area (Å²) in [6.45, 7) is 11.7. The quantitative estimate of drug-likeness (QED) is 0.0759. The third-order valence-electron chi connectivity index (χ3n) is 7.80. The first kappa shape index (κ1) is 35.2. The Balaban J connectivity index is 1.62. The molecule has 0 aliphatic carbocycles. The van der Waals surface area contributed by atoms with Crippen LogP contribution in [-0.2, 0) is 36.8 Å². The van der Waals surface area contributed by atoms with E-state index in [0.717, 1.165) is 43.2 Å². The minimum atomic E-state index is -0.518. The van der Waals surface area contributed by atoms with Crippen LogP contribution in [0.3, 0.4) is 0 Å². The number of cyclic esters (lactones) is 1. The summed E-state index contributed by atoms with van der Waals surface area (Å²) in [5.41, 5.74) is 3.22. The second-order valence-electron chi connectivity index (χ2n) is 12.0. The van der Waals surface area contributed by atoms with Gasteiger partial charge in [-0.15, -0.1) is 0 Å². The molecule has 1 aromatic rings. The van der Waals surface area contributed by atoms with Crippen LogP contribution in [0.5, 0.6) is 11.5 Å². The van der Waals surface area contributed by atoms with E-state index in [1.807, 2.05) is 40.7 Å². The van der Waals surface area contributed by atoms with Gasteiger partial charge in [0.2, 0.25) is 0 Å². The molecule has 0 amide bonds. The van der Waals surface area contributed by atoms with Gasteiger partial charge in [0, 0.05) is 24.0 Å². The van der Waals surface area contributed by atoms with Gasteiger partial charge in [0.1, 0.15) is 23.7 Å². The van der Waals surface area contributed by atoms with Gasteiger partial charge in [-0.1, -0.05) is 57.1 Å². The molecule has 1 aliphatic heterocycles. The Morgan fingerprint density at radius 2 is 1.60 bits per heavy atom. The molecule has 2 atom stereocenters. The molecular weight excluding hydrogens is 536 g/mol. The number of hydrogen-bond acceptors (Lipinski definition) is 8. The molecule has 0 saturated heterocycles. The molecule has 1 aliphatic rings. The van der Waals surface area contributed by atoms with Gasteiger partial charge in [-0.05, 0) is 71.8 Å². The van der Waals surface area contributed by atoms with Crippen molar-refractivity contribution in [3.05, 3.63) is 33.9 Å². The third-order valence-corrected chi connectivity index (χ3v) is 7.80. The summed E-state index contributed by atoms with van der Waals surface area (Å²) in [5, 5.41) is 10.8. The van der Waals surface area contributed by atoms with Crippen molar-refractivity contribution in [3.8, 4) is 11.5 Å². The van der Waals surface area contributed by atoms with Crippen LogP contribution in [0.15, 0.2) is 11.6 Å². The van der Waals surface area contributed by atoms with Gasteiger partial charge in [0.05, 0.1) is 19.3 Å². The Kier molecular flexibility index (Phi) is 14.9. The number of ether oxygens (including phenoxy) is 4. The molecule has 1 aromatic carbocycles. The van der Waals surface area contributed by atoms with Crippen LogP contribution >= 0.6 is 0 Å². The number of aromatic hydroxyl groups is 1. The molecule has 8 nitrogen and oxygen atoms in total. The zero-order valence-corrected chi connectivity index (χ0v) is 26.8. The average molecular weight is 589 g/mol. The van der Waals surface area contributed by atoms with Crippen LogP contribution in [-0.4, -0.2) is 42.3 Å². The molecule has 1 N–H and O–H groups in total. The number of unbranched alkanes of at least 4 members (excludes halogenated alkanes) is 5. The van der Waals surface area contributed by atoms with E-state index < -0.39 is 5.97 Å². The van der Waals surface area contributed by atoms with Crippen LogP contribution in [0.2, 0.25) is 0 Å². The van der Waals surface area contributed by atoms with Crippen molar-refractivity contribution in [2.45, 2.75) is 137 Å². The number of fused-ring (bicyclic) bond motifs is 1. The number of phenols is 1. The highest BCUT2D eigenvalue weighted by Crippen LogP contribution is 2.42. The van der Waals surface area contributed by atoms with E-state index in [2.05, 4.69) is 6.92 Å². The molecule has 0 saturated carbocycles. The van der Waals surface area contributed by atoms with Gasteiger partial charge in [0.25, 0.3) is 0 Å². The largest absolute Gasteiger partial charge is 0.507 e. The standard InChI is InChI=1S/C34H52O8/c1-22(2)41-30(36)20-24(4)14-12-10-8-9-11-13-15-25(5)42-29(35)19-17-23(3)16-18-27-32(37)31-28(21-40-34(31)38)26(6)33(27)39-7/h16,22,24-25,37H,8-15,17-21H2,1-7H3/b23-16+. The Bertz CT molecular complexity index is 1090. The topological polar surface area (TPSA) is 108 Å². The van der Waals surface area contributed by atoms with E-state index in [1.165, 1.54) is 19.3 Å². The van der Waals surface area contributed by atoms with Gasteiger partial charge >= 0.3 is 17.9 Å². The first-order valence-corrected chi connectivity index (χ1v) is 15.6. The molecule has 236 valence electrons. The molecule has 0 spiro atoms. The van der Waals surface area contributed by atoms with Crippen LogP contribution < -0.4 is 4.74 Å². The maximum absolute atomic E-state index is 12.4. The number of benzene rings is 1. The summed E-state index contributed by atoms with van der Waals surface area (Å²) in [4.78, 5) is 36.2. The predicted molar refractivity (Wildman–Crippen MR) is 163 cm³/mol. The fourth-order valence-corrected chi connectivity index (χ4v) is 5.38. The van der Waals surface area contributed by atoms with Gasteiger partial charge in [0.15, 0.2) is 0 Å². The smallest absolute Gasteiger partial charge is 0.342 e. The lowest BCUT2D eigenvalue weighted by atomic mass is 9.94. The highest BCUT2D eigenvalue weighted by atomic mass is 16.5. The lowest BCUT2D eigenvalue weighted by Crippen LogP contribution is -2.14. The van der Waals surface area contributed by atoms with E-state index in [4.69, 9.17) is 18.9 Å². The van der Waals surface area contributed by atoms with E-state index in [-0.39, 0.29) is 42.1 Å². The molecule has 0 fully saturated rings. The molecule has 0 radical (unpaired) electrons. The minimum Gasteiger partial charge on any atom is -0.507 e. The SMILES string of the molecule is COc1c(C)c2c(c(O)c1C/C=C(\C)CCC(=O)OC(C)CCCCCCCCC(C)CC(=O)OC(C)C)C(=O)OC2.